The van der Waals surface area contributed by atoms with E-state index in [0.717, 1.165) is 16.7 Å². The Balaban J connectivity index is 1.68. The summed E-state index contributed by atoms with van der Waals surface area (Å²) >= 11 is 0. The van der Waals surface area contributed by atoms with Crippen LogP contribution in [0.3, 0.4) is 0 Å². The fourth-order valence-corrected chi connectivity index (χ4v) is 2.30. The summed E-state index contributed by atoms with van der Waals surface area (Å²) in [5.74, 6) is 0.677. The number of hydrogen-bond donors (Lipinski definition) is 1. The third kappa shape index (κ3) is 3.45. The predicted molar refractivity (Wildman–Crippen MR) is 86.8 cm³/mol. The van der Waals surface area contributed by atoms with Gasteiger partial charge in [0.2, 0.25) is 11.8 Å². The summed E-state index contributed by atoms with van der Waals surface area (Å²) in [6.45, 7) is 4.10. The number of nitrogens with zero attached hydrogens (tertiary/aromatic N) is 2. The van der Waals surface area contributed by atoms with E-state index in [0.29, 0.717) is 17.3 Å². The lowest BCUT2D eigenvalue weighted by atomic mass is 10.1. The summed E-state index contributed by atoms with van der Waals surface area (Å²) < 4.78 is 5.60. The summed E-state index contributed by atoms with van der Waals surface area (Å²) in [5.41, 5.74) is 3.56. The molecule has 0 saturated carbocycles. The fraction of sp³-hybridized carbons (Fsp3) is 0.167. The molecule has 2 aromatic carbocycles. The quantitative estimate of drug-likeness (QED) is 0.803. The van der Waals surface area contributed by atoms with Gasteiger partial charge in [-0.25, -0.2) is 0 Å². The van der Waals surface area contributed by atoms with Crippen molar-refractivity contribution in [1.29, 1.82) is 0 Å². The van der Waals surface area contributed by atoms with Gasteiger partial charge in [-0.05, 0) is 37.6 Å². The first-order valence-electron chi connectivity index (χ1n) is 7.37. The van der Waals surface area contributed by atoms with Crippen LogP contribution in [0.4, 0.5) is 0 Å². The second kappa shape index (κ2) is 6.44. The van der Waals surface area contributed by atoms with E-state index >= 15 is 0 Å². The molecule has 1 heterocycles. The van der Waals surface area contributed by atoms with E-state index in [1.54, 1.807) is 6.07 Å². The Hall–Kier alpha value is -2.95. The Bertz CT molecular complexity index is 840. The molecule has 1 amide bonds. The van der Waals surface area contributed by atoms with Crippen LogP contribution in [0.5, 0.6) is 0 Å². The van der Waals surface area contributed by atoms with Gasteiger partial charge in [-0.15, -0.1) is 10.2 Å². The maximum atomic E-state index is 12.2. The minimum Gasteiger partial charge on any atom is -0.419 e. The highest BCUT2D eigenvalue weighted by atomic mass is 16.4. The molecular formula is C18H17N3O2. The van der Waals surface area contributed by atoms with Crippen molar-refractivity contribution in [3.63, 3.8) is 0 Å². The molecule has 23 heavy (non-hydrogen) atoms. The molecule has 0 spiro atoms. The molecule has 0 radical (unpaired) electrons. The van der Waals surface area contributed by atoms with Crippen LogP contribution in [0, 0.1) is 13.8 Å². The maximum Gasteiger partial charge on any atom is 0.251 e. The summed E-state index contributed by atoms with van der Waals surface area (Å²) in [7, 11) is 0. The van der Waals surface area contributed by atoms with E-state index in [9.17, 15) is 4.79 Å². The van der Waals surface area contributed by atoms with Crippen LogP contribution in [-0.4, -0.2) is 16.1 Å². The molecule has 0 fully saturated rings. The smallest absolute Gasteiger partial charge is 0.251 e. The monoisotopic (exact) mass is 307 g/mol. The molecule has 0 saturated heterocycles. The second-order valence-electron chi connectivity index (χ2n) is 5.37. The van der Waals surface area contributed by atoms with Gasteiger partial charge in [0.15, 0.2) is 0 Å². The van der Waals surface area contributed by atoms with Crippen molar-refractivity contribution >= 4 is 5.91 Å². The van der Waals surface area contributed by atoms with Gasteiger partial charge in [-0.3, -0.25) is 4.79 Å². The van der Waals surface area contributed by atoms with Crippen LogP contribution in [0.25, 0.3) is 11.5 Å². The second-order valence-corrected chi connectivity index (χ2v) is 5.37. The number of hydrogen-bond acceptors (Lipinski definition) is 4. The zero-order valence-electron chi connectivity index (χ0n) is 13.0. The van der Waals surface area contributed by atoms with Crippen LogP contribution < -0.4 is 5.32 Å². The van der Waals surface area contributed by atoms with Gasteiger partial charge in [-0.1, -0.05) is 35.9 Å². The largest absolute Gasteiger partial charge is 0.419 e. The number of aryl methyl sites for hydroxylation is 2. The van der Waals surface area contributed by atoms with E-state index in [1.807, 2.05) is 56.3 Å². The topological polar surface area (TPSA) is 68.0 Å². The molecule has 1 aromatic heterocycles. The van der Waals surface area contributed by atoms with Gasteiger partial charge >= 0.3 is 0 Å². The summed E-state index contributed by atoms with van der Waals surface area (Å²) in [6.07, 6.45) is 0. The molecular weight excluding hydrogens is 290 g/mol. The van der Waals surface area contributed by atoms with E-state index in [4.69, 9.17) is 4.42 Å². The van der Waals surface area contributed by atoms with Gasteiger partial charge in [-0.2, -0.15) is 0 Å². The summed E-state index contributed by atoms with van der Waals surface area (Å²) in [5, 5.41) is 10.8. The van der Waals surface area contributed by atoms with Crippen molar-refractivity contribution in [1.82, 2.24) is 15.5 Å². The average Bonchev–Trinajstić information content (AvgIpc) is 3.02. The van der Waals surface area contributed by atoms with Crippen LogP contribution in [0.1, 0.15) is 27.4 Å². The van der Waals surface area contributed by atoms with Crippen LogP contribution in [0.2, 0.25) is 0 Å². The number of benzene rings is 2. The Morgan fingerprint density at radius 1 is 1.09 bits per heavy atom. The molecule has 3 rings (SSSR count). The minimum absolute atomic E-state index is 0.154. The van der Waals surface area contributed by atoms with Gasteiger partial charge in [0.1, 0.15) is 0 Å². The molecule has 5 heteroatoms. The van der Waals surface area contributed by atoms with Crippen molar-refractivity contribution in [2.75, 3.05) is 0 Å². The third-order valence-corrected chi connectivity index (χ3v) is 3.52. The molecule has 3 aromatic rings. The molecule has 116 valence electrons. The van der Waals surface area contributed by atoms with Gasteiger partial charge < -0.3 is 9.73 Å². The Labute approximate surface area is 134 Å². The van der Waals surface area contributed by atoms with Crippen molar-refractivity contribution in [3.8, 4) is 11.5 Å². The first-order chi connectivity index (χ1) is 11.1. The Kier molecular flexibility index (Phi) is 4.19. The van der Waals surface area contributed by atoms with Crippen molar-refractivity contribution < 1.29 is 9.21 Å². The van der Waals surface area contributed by atoms with E-state index in [-0.39, 0.29) is 12.5 Å². The highest BCUT2D eigenvalue weighted by Gasteiger charge is 2.12. The van der Waals surface area contributed by atoms with Crippen molar-refractivity contribution in [2.45, 2.75) is 20.4 Å². The van der Waals surface area contributed by atoms with Gasteiger partial charge in [0.25, 0.3) is 5.91 Å². The lowest BCUT2D eigenvalue weighted by molar-refractivity contribution is 0.0946. The van der Waals surface area contributed by atoms with Gasteiger partial charge in [0, 0.05) is 11.1 Å². The molecule has 0 bridgehead atoms. The van der Waals surface area contributed by atoms with Crippen LogP contribution in [-0.2, 0) is 6.54 Å². The molecule has 5 nitrogen and oxygen atoms in total. The number of amides is 1. The predicted octanol–water partition coefficient (Wildman–Crippen LogP) is 3.28. The SMILES string of the molecule is Cc1cccc(-c2nnc(CNC(=O)c3ccccc3C)o2)c1. The first-order valence-corrected chi connectivity index (χ1v) is 7.37. The highest BCUT2D eigenvalue weighted by molar-refractivity contribution is 5.95. The van der Waals surface area contributed by atoms with Crippen molar-refractivity contribution in [3.05, 3.63) is 71.1 Å². The number of rotatable bonds is 4. The lowest BCUT2D eigenvalue weighted by Crippen LogP contribution is -2.23. The maximum absolute atomic E-state index is 12.2. The number of aromatic nitrogens is 2. The highest BCUT2D eigenvalue weighted by Crippen LogP contribution is 2.18. The zero-order chi connectivity index (χ0) is 16.2. The Morgan fingerprint density at radius 3 is 2.70 bits per heavy atom. The van der Waals surface area contributed by atoms with E-state index < -0.39 is 0 Å². The normalized spacial score (nSPS) is 10.5. The fourth-order valence-electron chi connectivity index (χ4n) is 2.30. The minimum atomic E-state index is -0.154. The molecule has 0 atom stereocenters. The van der Waals surface area contributed by atoms with E-state index in [1.165, 1.54) is 0 Å². The molecule has 1 N–H and O–H groups in total. The van der Waals surface area contributed by atoms with Crippen molar-refractivity contribution in [2.24, 2.45) is 0 Å². The standard InChI is InChI=1S/C18H17N3O2/c1-12-6-5-8-14(10-12)18-21-20-16(23-18)11-19-17(22)15-9-4-3-7-13(15)2/h3-10H,11H2,1-2H3,(H,19,22). The number of nitrogens with one attached hydrogen (secondary N) is 1. The van der Waals surface area contributed by atoms with Crippen LogP contribution in [0.15, 0.2) is 52.9 Å². The molecule has 0 unspecified atom stereocenters. The molecule has 0 aliphatic heterocycles. The number of carbonyl (C=O) groups excluding carboxylic acids is 1. The third-order valence-electron chi connectivity index (χ3n) is 3.52. The summed E-state index contributed by atoms with van der Waals surface area (Å²) in [4.78, 5) is 12.2. The van der Waals surface area contributed by atoms with E-state index in [2.05, 4.69) is 15.5 Å². The Morgan fingerprint density at radius 2 is 1.91 bits per heavy atom. The lowest BCUT2D eigenvalue weighted by Gasteiger charge is -2.05. The molecule has 0 aliphatic rings. The first kappa shape index (κ1) is 15.0. The zero-order valence-corrected chi connectivity index (χ0v) is 13.0. The molecule has 0 aliphatic carbocycles. The van der Waals surface area contributed by atoms with Gasteiger partial charge in [0.05, 0.1) is 6.54 Å². The summed E-state index contributed by atoms with van der Waals surface area (Å²) in [6, 6.07) is 15.3. The number of carbonyl (C=O) groups is 1. The van der Waals surface area contributed by atoms with Crippen LogP contribution >= 0.6 is 0 Å². The average molecular weight is 307 g/mol.